The van der Waals surface area contributed by atoms with Crippen molar-refractivity contribution in [2.75, 3.05) is 0 Å². The van der Waals surface area contributed by atoms with E-state index in [1.165, 1.54) is 0 Å². The summed E-state index contributed by atoms with van der Waals surface area (Å²) in [6.45, 7) is 0.436. The number of hydrogen-bond acceptors (Lipinski definition) is 2. The topological polar surface area (TPSA) is 49.3 Å². The van der Waals surface area contributed by atoms with Gasteiger partial charge < -0.3 is 10.4 Å². The lowest BCUT2D eigenvalue weighted by atomic mass is 10.0. The Bertz CT molecular complexity index is 782. The van der Waals surface area contributed by atoms with E-state index in [-0.39, 0.29) is 11.7 Å². The van der Waals surface area contributed by atoms with Crippen LogP contribution in [0.5, 0.6) is 5.75 Å². The maximum absolute atomic E-state index is 12.2. The molecule has 0 heterocycles. The van der Waals surface area contributed by atoms with Gasteiger partial charge in [-0.3, -0.25) is 4.79 Å². The lowest BCUT2D eigenvalue weighted by molar-refractivity contribution is 0.0948. The zero-order valence-electron chi connectivity index (χ0n) is 11.4. The maximum Gasteiger partial charge on any atom is 0.255 e. The predicted molar refractivity (Wildman–Crippen MR) is 83.2 cm³/mol. The fourth-order valence-electron chi connectivity index (χ4n) is 2.31. The highest BCUT2D eigenvalue weighted by Crippen LogP contribution is 2.28. The largest absolute Gasteiger partial charge is 0.506 e. The summed E-state index contributed by atoms with van der Waals surface area (Å²) in [4.78, 5) is 12.2. The van der Waals surface area contributed by atoms with Crippen LogP contribution >= 0.6 is 0 Å². The number of nitrogens with one attached hydrogen (secondary N) is 1. The third kappa shape index (κ3) is 2.72. The molecule has 3 nitrogen and oxygen atoms in total. The van der Waals surface area contributed by atoms with Gasteiger partial charge in [0.1, 0.15) is 5.75 Å². The highest BCUT2D eigenvalue weighted by molar-refractivity contribution is 6.03. The molecule has 0 fully saturated rings. The van der Waals surface area contributed by atoms with Gasteiger partial charge in [0.15, 0.2) is 0 Å². The van der Waals surface area contributed by atoms with E-state index in [0.29, 0.717) is 17.5 Å². The Morgan fingerprint density at radius 1 is 0.905 bits per heavy atom. The monoisotopic (exact) mass is 277 g/mol. The van der Waals surface area contributed by atoms with Crippen molar-refractivity contribution < 1.29 is 9.90 Å². The Morgan fingerprint density at radius 2 is 1.62 bits per heavy atom. The zero-order valence-corrected chi connectivity index (χ0v) is 11.4. The second kappa shape index (κ2) is 5.67. The van der Waals surface area contributed by atoms with Crippen molar-refractivity contribution in [3.05, 3.63) is 77.9 Å². The molecule has 0 saturated carbocycles. The highest BCUT2D eigenvalue weighted by Gasteiger charge is 2.13. The lowest BCUT2D eigenvalue weighted by Gasteiger charge is -2.09. The standard InChI is InChI=1S/C18H15NO2/c20-17-15-9-5-4-8-14(15)10-11-16(17)18(21)19-12-13-6-2-1-3-7-13/h1-11,20H,12H2,(H,19,21). The molecule has 3 heteroatoms. The van der Waals surface area contributed by atoms with Crippen LogP contribution in [0.1, 0.15) is 15.9 Å². The van der Waals surface area contributed by atoms with Crippen molar-refractivity contribution in [2.24, 2.45) is 0 Å². The van der Waals surface area contributed by atoms with E-state index in [9.17, 15) is 9.90 Å². The van der Waals surface area contributed by atoms with Crippen LogP contribution in [-0.4, -0.2) is 11.0 Å². The van der Waals surface area contributed by atoms with Gasteiger partial charge in [-0.05, 0) is 17.0 Å². The molecule has 0 saturated heterocycles. The van der Waals surface area contributed by atoms with Gasteiger partial charge in [-0.1, -0.05) is 60.7 Å². The number of rotatable bonds is 3. The fourth-order valence-corrected chi connectivity index (χ4v) is 2.31. The molecule has 3 aromatic rings. The molecule has 1 amide bonds. The number of phenols is 1. The van der Waals surface area contributed by atoms with Crippen molar-refractivity contribution in [1.82, 2.24) is 5.32 Å². The fraction of sp³-hybridized carbons (Fsp3) is 0.0556. The van der Waals surface area contributed by atoms with Gasteiger partial charge in [-0.2, -0.15) is 0 Å². The normalized spacial score (nSPS) is 10.5. The SMILES string of the molecule is O=C(NCc1ccccc1)c1ccc2ccccc2c1O. The van der Waals surface area contributed by atoms with Crippen LogP contribution in [-0.2, 0) is 6.54 Å². The summed E-state index contributed by atoms with van der Waals surface area (Å²) >= 11 is 0. The molecule has 3 rings (SSSR count). The van der Waals surface area contributed by atoms with Gasteiger partial charge in [0, 0.05) is 11.9 Å². The molecule has 0 radical (unpaired) electrons. The summed E-state index contributed by atoms with van der Waals surface area (Å²) in [5.41, 5.74) is 1.32. The van der Waals surface area contributed by atoms with Gasteiger partial charge in [0.05, 0.1) is 5.56 Å². The summed E-state index contributed by atoms with van der Waals surface area (Å²) < 4.78 is 0. The third-order valence-corrected chi connectivity index (χ3v) is 3.44. The Balaban J connectivity index is 1.83. The van der Waals surface area contributed by atoms with Crippen molar-refractivity contribution >= 4 is 16.7 Å². The van der Waals surface area contributed by atoms with E-state index in [1.54, 1.807) is 12.1 Å². The van der Waals surface area contributed by atoms with E-state index in [2.05, 4.69) is 5.32 Å². The number of fused-ring (bicyclic) bond motifs is 1. The molecule has 0 spiro atoms. The summed E-state index contributed by atoms with van der Waals surface area (Å²) in [5, 5.41) is 14.7. The molecule has 0 aliphatic rings. The predicted octanol–water partition coefficient (Wildman–Crippen LogP) is 3.48. The number of carbonyl (C=O) groups is 1. The first-order valence-corrected chi connectivity index (χ1v) is 6.78. The maximum atomic E-state index is 12.2. The molecule has 0 aliphatic carbocycles. The highest BCUT2D eigenvalue weighted by atomic mass is 16.3. The Kier molecular flexibility index (Phi) is 3.56. The molecule has 3 aromatic carbocycles. The van der Waals surface area contributed by atoms with Crippen molar-refractivity contribution in [3.63, 3.8) is 0 Å². The minimum atomic E-state index is -0.276. The number of aromatic hydroxyl groups is 1. The molecule has 104 valence electrons. The van der Waals surface area contributed by atoms with Crippen LogP contribution in [0.25, 0.3) is 10.8 Å². The number of phenolic OH excluding ortho intramolecular Hbond substituents is 1. The van der Waals surface area contributed by atoms with Crippen molar-refractivity contribution in [1.29, 1.82) is 0 Å². The second-order valence-corrected chi connectivity index (χ2v) is 4.85. The van der Waals surface area contributed by atoms with E-state index in [1.807, 2.05) is 54.6 Å². The minimum Gasteiger partial charge on any atom is -0.506 e. The third-order valence-electron chi connectivity index (χ3n) is 3.44. The molecule has 0 unspecified atom stereocenters. The van der Waals surface area contributed by atoms with E-state index in [0.717, 1.165) is 10.9 Å². The quantitative estimate of drug-likeness (QED) is 0.770. The van der Waals surface area contributed by atoms with Crippen LogP contribution in [0.2, 0.25) is 0 Å². The van der Waals surface area contributed by atoms with Gasteiger partial charge in [0.25, 0.3) is 5.91 Å². The van der Waals surface area contributed by atoms with Crippen LogP contribution in [0.4, 0.5) is 0 Å². The Morgan fingerprint density at radius 3 is 2.43 bits per heavy atom. The summed E-state index contributed by atoms with van der Waals surface area (Å²) in [5.74, 6) is -0.249. The number of carbonyl (C=O) groups excluding carboxylic acids is 1. The Hall–Kier alpha value is -2.81. The van der Waals surface area contributed by atoms with E-state index >= 15 is 0 Å². The van der Waals surface area contributed by atoms with Crippen LogP contribution < -0.4 is 5.32 Å². The molecule has 0 atom stereocenters. The smallest absolute Gasteiger partial charge is 0.255 e. The number of amides is 1. The van der Waals surface area contributed by atoms with E-state index < -0.39 is 0 Å². The summed E-state index contributed by atoms with van der Waals surface area (Å²) in [6, 6.07) is 20.6. The summed E-state index contributed by atoms with van der Waals surface area (Å²) in [6.07, 6.45) is 0. The average molecular weight is 277 g/mol. The van der Waals surface area contributed by atoms with Crippen LogP contribution in [0.15, 0.2) is 66.7 Å². The molecule has 0 aliphatic heterocycles. The molecular formula is C18H15NO2. The Labute approximate surface area is 122 Å². The minimum absolute atomic E-state index is 0.0265. The van der Waals surface area contributed by atoms with Crippen LogP contribution in [0, 0.1) is 0 Å². The first kappa shape index (κ1) is 13.2. The van der Waals surface area contributed by atoms with Crippen molar-refractivity contribution in [3.8, 4) is 5.75 Å². The number of hydrogen-bond donors (Lipinski definition) is 2. The molecule has 0 bridgehead atoms. The summed E-state index contributed by atoms with van der Waals surface area (Å²) in [7, 11) is 0. The van der Waals surface area contributed by atoms with Gasteiger partial charge in [-0.15, -0.1) is 0 Å². The van der Waals surface area contributed by atoms with Crippen molar-refractivity contribution in [2.45, 2.75) is 6.54 Å². The van der Waals surface area contributed by atoms with Gasteiger partial charge in [-0.25, -0.2) is 0 Å². The van der Waals surface area contributed by atoms with Gasteiger partial charge in [0.2, 0.25) is 0 Å². The molecule has 21 heavy (non-hydrogen) atoms. The number of benzene rings is 3. The molecular weight excluding hydrogens is 262 g/mol. The first-order valence-electron chi connectivity index (χ1n) is 6.78. The zero-order chi connectivity index (χ0) is 14.7. The second-order valence-electron chi connectivity index (χ2n) is 4.85. The first-order chi connectivity index (χ1) is 10.3. The van der Waals surface area contributed by atoms with Gasteiger partial charge >= 0.3 is 0 Å². The van der Waals surface area contributed by atoms with Crippen LogP contribution in [0.3, 0.4) is 0 Å². The average Bonchev–Trinajstić information content (AvgIpc) is 2.54. The van der Waals surface area contributed by atoms with E-state index in [4.69, 9.17) is 0 Å². The molecule has 2 N–H and O–H groups in total. The lowest BCUT2D eigenvalue weighted by Crippen LogP contribution is -2.22. The molecule has 0 aromatic heterocycles.